The number of rotatable bonds is 8. The number of nitrogens with zero attached hydrogens (tertiary/aromatic N) is 5. The molecule has 10 heteroatoms. The maximum atomic E-state index is 12.7. The van der Waals surface area contributed by atoms with Crippen LogP contribution in [0.15, 0.2) is 30.6 Å². The number of nitrogens with one attached hydrogen (secondary N) is 1. The topological polar surface area (TPSA) is 104 Å². The molecule has 2 aromatic heterocycles. The van der Waals surface area contributed by atoms with Crippen LogP contribution in [0, 0.1) is 13.8 Å². The van der Waals surface area contributed by atoms with E-state index in [4.69, 9.17) is 19.3 Å². The first-order chi connectivity index (χ1) is 16.5. The average molecular weight is 467 g/mol. The summed E-state index contributed by atoms with van der Waals surface area (Å²) in [6.07, 6.45) is 2.42. The van der Waals surface area contributed by atoms with E-state index in [1.54, 1.807) is 38.7 Å². The number of morpholine rings is 1. The van der Waals surface area contributed by atoms with E-state index < -0.39 is 0 Å². The van der Waals surface area contributed by atoms with Gasteiger partial charge in [0.25, 0.3) is 0 Å². The van der Waals surface area contributed by atoms with E-state index in [0.29, 0.717) is 49.1 Å². The lowest BCUT2D eigenvalue weighted by Gasteiger charge is -2.27. The first-order valence-corrected chi connectivity index (χ1v) is 11.2. The molecule has 1 saturated heterocycles. The number of carbonyl (C=O) groups is 1. The van der Waals surface area contributed by atoms with Crippen molar-refractivity contribution in [2.24, 2.45) is 0 Å². The lowest BCUT2D eigenvalue weighted by Crippen LogP contribution is -2.36. The van der Waals surface area contributed by atoms with Crippen molar-refractivity contribution in [3.8, 4) is 17.3 Å². The Morgan fingerprint density at radius 1 is 1.09 bits per heavy atom. The minimum atomic E-state index is -0.116. The molecular formula is C24H30N6O4. The molecule has 0 atom stereocenters. The smallest absolute Gasteiger partial charge is 0.224 e. The number of carbonyl (C=O) groups excluding carboxylic acids is 1. The Morgan fingerprint density at radius 3 is 2.59 bits per heavy atom. The van der Waals surface area contributed by atoms with Crippen LogP contribution in [0.5, 0.6) is 11.5 Å². The van der Waals surface area contributed by atoms with Crippen molar-refractivity contribution in [3.05, 3.63) is 47.5 Å². The van der Waals surface area contributed by atoms with Crippen molar-refractivity contribution in [2.45, 2.75) is 26.7 Å². The predicted octanol–water partition coefficient (Wildman–Crippen LogP) is 2.70. The Hall–Kier alpha value is -3.66. The number of aryl methyl sites for hydroxylation is 1. The number of amides is 1. The highest BCUT2D eigenvalue weighted by Gasteiger charge is 2.18. The van der Waals surface area contributed by atoms with Crippen LogP contribution in [0.25, 0.3) is 5.82 Å². The summed E-state index contributed by atoms with van der Waals surface area (Å²) < 4.78 is 17.9. The molecule has 3 aromatic rings. The van der Waals surface area contributed by atoms with E-state index in [1.165, 1.54) is 0 Å². The standard InChI is InChI=1S/C24H30N6O4/c1-16-19(6-8-24(31)27-20-13-18(32-3)5-7-21(20)33-4)17(2)30(28-16)23-14-22(25-15-26-23)29-9-11-34-12-10-29/h5,7,13-15H,6,8-12H2,1-4H3,(H,27,31). The molecule has 1 aliphatic heterocycles. The highest BCUT2D eigenvalue weighted by molar-refractivity contribution is 5.92. The normalized spacial score (nSPS) is 13.6. The van der Waals surface area contributed by atoms with Gasteiger partial charge in [0.05, 0.1) is 38.8 Å². The highest BCUT2D eigenvalue weighted by atomic mass is 16.5. The molecule has 0 aliphatic carbocycles. The van der Waals surface area contributed by atoms with Gasteiger partial charge in [0, 0.05) is 37.3 Å². The van der Waals surface area contributed by atoms with Crippen molar-refractivity contribution in [3.63, 3.8) is 0 Å². The average Bonchev–Trinajstić information content (AvgIpc) is 3.16. The van der Waals surface area contributed by atoms with Crippen molar-refractivity contribution < 1.29 is 19.0 Å². The van der Waals surface area contributed by atoms with Crippen molar-refractivity contribution in [1.82, 2.24) is 19.7 Å². The number of benzene rings is 1. The minimum Gasteiger partial charge on any atom is -0.497 e. The Balaban J connectivity index is 1.47. The van der Waals surface area contributed by atoms with E-state index >= 15 is 0 Å². The summed E-state index contributed by atoms with van der Waals surface area (Å²) in [6.45, 7) is 6.92. The summed E-state index contributed by atoms with van der Waals surface area (Å²) in [5.41, 5.74) is 3.43. The Kier molecular flexibility index (Phi) is 7.27. The molecule has 1 fully saturated rings. The number of anilines is 2. The van der Waals surface area contributed by atoms with Crippen LogP contribution in [0.3, 0.4) is 0 Å². The molecular weight excluding hydrogens is 436 g/mol. The summed E-state index contributed by atoms with van der Waals surface area (Å²) in [5.74, 6) is 2.66. The van der Waals surface area contributed by atoms with Gasteiger partial charge in [-0.15, -0.1) is 0 Å². The molecule has 0 saturated carbocycles. The van der Waals surface area contributed by atoms with Crippen LogP contribution in [0.4, 0.5) is 11.5 Å². The monoisotopic (exact) mass is 466 g/mol. The maximum Gasteiger partial charge on any atom is 0.224 e. The second-order valence-electron chi connectivity index (χ2n) is 8.01. The fourth-order valence-electron chi connectivity index (χ4n) is 4.04. The van der Waals surface area contributed by atoms with Crippen LogP contribution < -0.4 is 19.7 Å². The molecule has 1 aliphatic rings. The van der Waals surface area contributed by atoms with Gasteiger partial charge >= 0.3 is 0 Å². The molecule has 0 bridgehead atoms. The van der Waals surface area contributed by atoms with Crippen LogP contribution in [-0.4, -0.2) is 66.2 Å². The zero-order valence-corrected chi connectivity index (χ0v) is 20.0. The van der Waals surface area contributed by atoms with Crippen LogP contribution in [0.1, 0.15) is 23.4 Å². The highest BCUT2D eigenvalue weighted by Crippen LogP contribution is 2.29. The Bertz CT molecular complexity index is 1160. The molecule has 180 valence electrons. The van der Waals surface area contributed by atoms with Gasteiger partial charge in [-0.05, 0) is 38.0 Å². The molecule has 1 aromatic carbocycles. The maximum absolute atomic E-state index is 12.7. The number of hydrogen-bond donors (Lipinski definition) is 1. The number of hydrogen-bond acceptors (Lipinski definition) is 8. The summed E-state index contributed by atoms with van der Waals surface area (Å²) >= 11 is 0. The third-order valence-corrected chi connectivity index (χ3v) is 5.91. The van der Waals surface area contributed by atoms with E-state index in [1.807, 2.05) is 24.6 Å². The zero-order valence-electron chi connectivity index (χ0n) is 20.0. The van der Waals surface area contributed by atoms with Gasteiger partial charge in [0.15, 0.2) is 5.82 Å². The molecule has 3 heterocycles. The van der Waals surface area contributed by atoms with Gasteiger partial charge in [0.2, 0.25) is 5.91 Å². The molecule has 0 unspecified atom stereocenters. The first-order valence-electron chi connectivity index (χ1n) is 11.2. The zero-order chi connectivity index (χ0) is 24.1. The van der Waals surface area contributed by atoms with E-state index in [-0.39, 0.29) is 5.91 Å². The largest absolute Gasteiger partial charge is 0.497 e. The van der Waals surface area contributed by atoms with Crippen molar-refractivity contribution >= 4 is 17.4 Å². The molecule has 10 nitrogen and oxygen atoms in total. The predicted molar refractivity (Wildman–Crippen MR) is 128 cm³/mol. The molecule has 4 rings (SSSR count). The van der Waals surface area contributed by atoms with Gasteiger partial charge in [0.1, 0.15) is 23.6 Å². The first kappa shape index (κ1) is 23.5. The Morgan fingerprint density at radius 2 is 1.85 bits per heavy atom. The van der Waals surface area contributed by atoms with E-state index in [9.17, 15) is 4.79 Å². The molecule has 0 spiro atoms. The molecule has 0 radical (unpaired) electrons. The number of methoxy groups -OCH3 is 2. The third-order valence-electron chi connectivity index (χ3n) is 5.91. The fraction of sp³-hybridized carbons (Fsp3) is 0.417. The molecule has 1 N–H and O–H groups in total. The van der Waals surface area contributed by atoms with Crippen LogP contribution >= 0.6 is 0 Å². The minimum absolute atomic E-state index is 0.116. The quantitative estimate of drug-likeness (QED) is 0.541. The number of ether oxygens (including phenoxy) is 3. The van der Waals surface area contributed by atoms with Crippen LogP contribution in [0.2, 0.25) is 0 Å². The summed E-state index contributed by atoms with van der Waals surface area (Å²) in [7, 11) is 3.15. The number of aromatic nitrogens is 4. The third kappa shape index (κ3) is 5.12. The lowest BCUT2D eigenvalue weighted by atomic mass is 10.1. The van der Waals surface area contributed by atoms with Crippen LogP contribution in [-0.2, 0) is 16.0 Å². The van der Waals surface area contributed by atoms with Gasteiger partial charge in [-0.1, -0.05) is 0 Å². The van der Waals surface area contributed by atoms with Gasteiger partial charge in [-0.25, -0.2) is 14.6 Å². The molecule has 1 amide bonds. The van der Waals surface area contributed by atoms with E-state index in [2.05, 4.69) is 20.2 Å². The summed E-state index contributed by atoms with van der Waals surface area (Å²) in [6, 6.07) is 7.23. The van der Waals surface area contributed by atoms with Crippen molar-refractivity contribution in [2.75, 3.05) is 50.7 Å². The second kappa shape index (κ2) is 10.5. The fourth-order valence-corrected chi connectivity index (χ4v) is 4.04. The van der Waals surface area contributed by atoms with Gasteiger partial charge in [-0.2, -0.15) is 5.10 Å². The summed E-state index contributed by atoms with van der Waals surface area (Å²) in [5, 5.41) is 7.61. The lowest BCUT2D eigenvalue weighted by molar-refractivity contribution is -0.116. The summed E-state index contributed by atoms with van der Waals surface area (Å²) in [4.78, 5) is 23.7. The Labute approximate surface area is 198 Å². The SMILES string of the molecule is COc1ccc(OC)c(NC(=O)CCc2c(C)nn(-c3cc(N4CCOCC4)ncn3)c2C)c1. The van der Waals surface area contributed by atoms with Gasteiger partial charge < -0.3 is 24.4 Å². The van der Waals surface area contributed by atoms with Gasteiger partial charge in [-0.3, -0.25) is 4.79 Å². The second-order valence-corrected chi connectivity index (χ2v) is 8.01. The molecule has 34 heavy (non-hydrogen) atoms. The van der Waals surface area contributed by atoms with Crippen molar-refractivity contribution in [1.29, 1.82) is 0 Å². The van der Waals surface area contributed by atoms with E-state index in [0.717, 1.165) is 35.9 Å².